The number of sulfonamides is 1. The van der Waals surface area contributed by atoms with E-state index >= 15 is 0 Å². The van der Waals surface area contributed by atoms with Gasteiger partial charge in [0.2, 0.25) is 5.78 Å². The van der Waals surface area contributed by atoms with Crippen molar-refractivity contribution in [1.29, 1.82) is 0 Å². The maximum Gasteiger partial charge on any atom is 0.417 e. The lowest BCUT2D eigenvalue weighted by atomic mass is 10.00. The summed E-state index contributed by atoms with van der Waals surface area (Å²) < 4.78 is 81.2. The number of pyridine rings is 1. The number of carbonyl (C=O) groups is 2. The zero-order valence-corrected chi connectivity index (χ0v) is 18.7. The number of hydrogen-bond acceptors (Lipinski definition) is 5. The quantitative estimate of drug-likeness (QED) is 0.327. The van der Waals surface area contributed by atoms with Crippen LogP contribution in [-0.4, -0.2) is 30.3 Å². The van der Waals surface area contributed by atoms with Crippen LogP contribution in [-0.2, 0) is 16.2 Å². The summed E-state index contributed by atoms with van der Waals surface area (Å²) in [7, 11) is -4.77. The first kappa shape index (κ1) is 25.4. The van der Waals surface area contributed by atoms with Crippen LogP contribution in [0.5, 0.6) is 0 Å². The number of hydrogen-bond donors (Lipinski definition) is 2. The van der Waals surface area contributed by atoms with Gasteiger partial charge in [0.05, 0.1) is 37.3 Å². The standard InChI is InChI=1S/C20H10Cl2F4N2O5S/c21-9-6-15(28-34(32,33)10-4-5-13(22)12(7-10)20(24,25)26)17(27-8-9)18(29)16-11(19(30)31)2-1-3-14(16)23/h1-8,28H,(H,30,31). The molecule has 0 bridgehead atoms. The molecule has 0 fully saturated rings. The number of nitrogens with zero attached hydrogens (tertiary/aromatic N) is 1. The second-order valence-electron chi connectivity index (χ2n) is 6.59. The number of ketones is 1. The van der Waals surface area contributed by atoms with Crippen LogP contribution in [0.4, 0.5) is 23.2 Å². The summed E-state index contributed by atoms with van der Waals surface area (Å²) in [5.74, 6) is -4.17. The number of carbonyl (C=O) groups excluding carboxylic acids is 1. The van der Waals surface area contributed by atoms with Gasteiger partial charge in [0.1, 0.15) is 11.5 Å². The topological polar surface area (TPSA) is 113 Å². The molecule has 0 saturated heterocycles. The number of carboxylic acids is 1. The number of halogens is 6. The molecule has 2 N–H and O–H groups in total. The first-order chi connectivity index (χ1) is 15.7. The third-order valence-electron chi connectivity index (χ3n) is 4.34. The van der Waals surface area contributed by atoms with E-state index in [-0.39, 0.29) is 11.1 Å². The van der Waals surface area contributed by atoms with E-state index in [2.05, 4.69) is 4.98 Å². The van der Waals surface area contributed by atoms with Crippen molar-refractivity contribution in [1.82, 2.24) is 4.98 Å². The van der Waals surface area contributed by atoms with Gasteiger partial charge in [-0.3, -0.25) is 9.52 Å². The van der Waals surface area contributed by atoms with E-state index in [0.29, 0.717) is 0 Å². The van der Waals surface area contributed by atoms with Gasteiger partial charge >= 0.3 is 12.1 Å². The van der Waals surface area contributed by atoms with Crippen LogP contribution in [0.15, 0.2) is 53.6 Å². The normalized spacial score (nSPS) is 11.8. The van der Waals surface area contributed by atoms with Gasteiger partial charge in [-0.05, 0) is 36.4 Å². The highest BCUT2D eigenvalue weighted by Gasteiger charge is 2.35. The lowest BCUT2D eigenvalue weighted by Gasteiger charge is -2.15. The molecule has 3 rings (SSSR count). The molecule has 0 amide bonds. The zero-order chi connectivity index (χ0) is 25.4. The molecule has 0 spiro atoms. The smallest absolute Gasteiger partial charge is 0.417 e. The van der Waals surface area contributed by atoms with Crippen molar-refractivity contribution in [3.8, 4) is 0 Å². The molecule has 0 atom stereocenters. The van der Waals surface area contributed by atoms with Crippen molar-refractivity contribution >= 4 is 50.7 Å². The van der Waals surface area contributed by atoms with Crippen LogP contribution in [0.2, 0.25) is 10.0 Å². The summed E-state index contributed by atoms with van der Waals surface area (Å²) in [4.78, 5) is 27.2. The Kier molecular flexibility index (Phi) is 6.87. The van der Waals surface area contributed by atoms with Gasteiger partial charge in [-0.1, -0.05) is 29.3 Å². The van der Waals surface area contributed by atoms with E-state index in [1.807, 2.05) is 4.72 Å². The molecule has 34 heavy (non-hydrogen) atoms. The Morgan fingerprint density at radius 2 is 1.74 bits per heavy atom. The van der Waals surface area contributed by atoms with Crippen LogP contribution in [0, 0.1) is 5.82 Å². The number of nitrogens with one attached hydrogen (secondary N) is 1. The van der Waals surface area contributed by atoms with Crippen LogP contribution >= 0.6 is 23.2 Å². The molecule has 0 aliphatic rings. The number of benzene rings is 2. The van der Waals surface area contributed by atoms with Crippen molar-refractivity contribution in [2.45, 2.75) is 11.1 Å². The van der Waals surface area contributed by atoms with Crippen molar-refractivity contribution in [2.24, 2.45) is 0 Å². The number of alkyl halides is 3. The Morgan fingerprint density at radius 3 is 2.35 bits per heavy atom. The number of carboxylic acid groups (broad SMARTS) is 1. The van der Waals surface area contributed by atoms with E-state index in [4.69, 9.17) is 23.2 Å². The molecule has 0 saturated carbocycles. The van der Waals surface area contributed by atoms with Gasteiger partial charge in [-0.2, -0.15) is 13.2 Å². The largest absolute Gasteiger partial charge is 0.478 e. The second kappa shape index (κ2) is 9.20. The SMILES string of the molecule is O=C(O)c1cccc(F)c1C(=O)c1ncc(Cl)cc1NS(=O)(=O)c1ccc(Cl)c(C(F)(F)F)c1. The minimum absolute atomic E-state index is 0.187. The molecule has 7 nitrogen and oxygen atoms in total. The van der Waals surface area contributed by atoms with Crippen molar-refractivity contribution in [2.75, 3.05) is 4.72 Å². The van der Waals surface area contributed by atoms with Gasteiger partial charge < -0.3 is 5.11 Å². The van der Waals surface area contributed by atoms with E-state index in [1.54, 1.807) is 0 Å². The molecule has 1 aromatic heterocycles. The van der Waals surface area contributed by atoms with E-state index in [0.717, 1.165) is 42.6 Å². The molecule has 14 heteroatoms. The third-order valence-corrected chi connectivity index (χ3v) is 6.24. The maximum atomic E-state index is 14.4. The lowest BCUT2D eigenvalue weighted by Crippen LogP contribution is -2.19. The van der Waals surface area contributed by atoms with Crippen LogP contribution in [0.3, 0.4) is 0 Å². The molecule has 0 radical (unpaired) electrons. The minimum Gasteiger partial charge on any atom is -0.478 e. The van der Waals surface area contributed by atoms with Gasteiger partial charge in [-0.25, -0.2) is 22.6 Å². The second-order valence-corrected chi connectivity index (χ2v) is 9.12. The molecule has 0 aliphatic carbocycles. The average molecular weight is 537 g/mol. The first-order valence-corrected chi connectivity index (χ1v) is 11.1. The predicted octanol–water partition coefficient (Wildman–Crippen LogP) is 5.28. The summed E-state index contributed by atoms with van der Waals surface area (Å²) in [6.45, 7) is 0. The van der Waals surface area contributed by atoms with E-state index < -0.39 is 71.8 Å². The zero-order valence-electron chi connectivity index (χ0n) is 16.3. The fourth-order valence-electron chi connectivity index (χ4n) is 2.84. The Hall–Kier alpha value is -3.22. The highest BCUT2D eigenvalue weighted by molar-refractivity contribution is 7.92. The summed E-state index contributed by atoms with van der Waals surface area (Å²) in [6.07, 6.45) is -4.04. The lowest BCUT2D eigenvalue weighted by molar-refractivity contribution is -0.137. The summed E-state index contributed by atoms with van der Waals surface area (Å²) in [5.41, 5.74) is -4.42. The molecule has 2 aromatic carbocycles. The highest BCUT2D eigenvalue weighted by atomic mass is 35.5. The number of aromatic carboxylic acids is 1. The fourth-order valence-corrected chi connectivity index (χ4v) is 4.31. The minimum atomic E-state index is -4.96. The predicted molar refractivity (Wildman–Crippen MR) is 113 cm³/mol. The monoisotopic (exact) mass is 536 g/mol. The average Bonchev–Trinajstić information content (AvgIpc) is 2.72. The molecule has 1 heterocycles. The van der Waals surface area contributed by atoms with Gasteiger partial charge in [0.25, 0.3) is 10.0 Å². The van der Waals surface area contributed by atoms with E-state index in [1.165, 1.54) is 0 Å². The first-order valence-electron chi connectivity index (χ1n) is 8.84. The fraction of sp³-hybridized carbons (Fsp3) is 0.0500. The highest BCUT2D eigenvalue weighted by Crippen LogP contribution is 2.36. The molecular formula is C20H10Cl2F4N2O5S. The number of anilines is 1. The maximum absolute atomic E-state index is 14.4. The molecule has 3 aromatic rings. The van der Waals surface area contributed by atoms with Gasteiger partial charge in [0, 0.05) is 6.20 Å². The molecule has 0 unspecified atom stereocenters. The number of aromatic nitrogens is 1. The van der Waals surface area contributed by atoms with Gasteiger partial charge in [-0.15, -0.1) is 0 Å². The Morgan fingerprint density at radius 1 is 1.06 bits per heavy atom. The molecule has 0 aliphatic heterocycles. The molecular weight excluding hydrogens is 527 g/mol. The Labute approximate surface area is 199 Å². The third kappa shape index (κ3) is 5.13. The Bertz CT molecular complexity index is 1430. The Balaban J connectivity index is 2.12. The van der Waals surface area contributed by atoms with Crippen molar-refractivity contribution < 1.29 is 40.7 Å². The van der Waals surface area contributed by atoms with Gasteiger partial charge in [0.15, 0.2) is 0 Å². The summed E-state index contributed by atoms with van der Waals surface area (Å²) >= 11 is 11.3. The van der Waals surface area contributed by atoms with Crippen LogP contribution in [0.1, 0.15) is 32.0 Å². The van der Waals surface area contributed by atoms with Crippen molar-refractivity contribution in [3.63, 3.8) is 0 Å². The summed E-state index contributed by atoms with van der Waals surface area (Å²) in [5, 5.41) is 8.34. The molecule has 178 valence electrons. The number of rotatable bonds is 6. The van der Waals surface area contributed by atoms with E-state index in [9.17, 15) is 40.7 Å². The van der Waals surface area contributed by atoms with Crippen molar-refractivity contribution in [3.05, 3.63) is 86.9 Å². The van der Waals surface area contributed by atoms with Crippen LogP contribution in [0.25, 0.3) is 0 Å². The summed E-state index contributed by atoms with van der Waals surface area (Å²) in [6, 6.07) is 5.51. The van der Waals surface area contributed by atoms with Crippen LogP contribution < -0.4 is 4.72 Å².